The third-order valence-corrected chi connectivity index (χ3v) is 2.05. The maximum Gasteiger partial charge on any atom is 0.359 e. The Morgan fingerprint density at radius 2 is 1.17 bits per heavy atom. The van der Waals surface area contributed by atoms with Crippen LogP contribution in [0.4, 0.5) is 11.4 Å². The fourth-order valence-electron chi connectivity index (χ4n) is 1.35. The quantitative estimate of drug-likeness (QED) is 0.550. The second-order valence-electron chi connectivity index (χ2n) is 3.10. The maximum absolute atomic E-state index is 11.0. The predicted octanol–water partition coefficient (Wildman–Crippen LogP) is -0.299. The average molecular weight is 254 g/mol. The van der Waals surface area contributed by atoms with Crippen LogP contribution in [-0.4, -0.2) is 21.7 Å². The van der Waals surface area contributed by atoms with E-state index in [1.807, 2.05) is 0 Å². The van der Waals surface area contributed by atoms with E-state index in [0.717, 1.165) is 12.1 Å². The van der Waals surface area contributed by atoms with Crippen LogP contribution in [0.5, 0.6) is 0 Å². The number of amides is 2. The van der Waals surface area contributed by atoms with Gasteiger partial charge in [-0.05, 0) is 12.1 Å². The Morgan fingerprint density at radius 1 is 0.889 bits per heavy atom. The smallest absolute Gasteiger partial charge is 0.359 e. The lowest BCUT2D eigenvalue weighted by Crippen LogP contribution is -2.18. The Balaban J connectivity index is 3.82. The van der Waals surface area contributed by atoms with Crippen molar-refractivity contribution in [2.24, 2.45) is 11.5 Å². The molecular weight excluding hydrogens is 248 g/mol. The number of nitrogens with two attached hydrogens (primary N) is 2. The second kappa shape index (κ2) is 4.45. The molecule has 0 bridgehead atoms. The van der Waals surface area contributed by atoms with Crippen molar-refractivity contribution in [2.75, 3.05) is 0 Å². The van der Waals surface area contributed by atoms with Gasteiger partial charge in [0.25, 0.3) is 11.8 Å². The molecule has 0 unspecified atom stereocenters. The Labute approximate surface area is 98.5 Å². The fraction of sp³-hybridized carbons (Fsp3) is 0. The molecule has 2 amide bonds. The molecule has 10 nitrogen and oxygen atoms in total. The first-order valence-corrected chi connectivity index (χ1v) is 4.32. The number of rotatable bonds is 4. The average Bonchev–Trinajstić information content (AvgIpc) is 2.26. The lowest BCUT2D eigenvalue weighted by atomic mass is 10.1. The zero-order valence-corrected chi connectivity index (χ0v) is 8.65. The second-order valence-corrected chi connectivity index (χ2v) is 3.10. The van der Waals surface area contributed by atoms with E-state index in [9.17, 15) is 29.8 Å². The first kappa shape index (κ1) is 13.0. The summed E-state index contributed by atoms with van der Waals surface area (Å²) < 4.78 is 0. The molecule has 94 valence electrons. The molecule has 18 heavy (non-hydrogen) atoms. The van der Waals surface area contributed by atoms with Crippen LogP contribution in [0.15, 0.2) is 12.1 Å². The topological polar surface area (TPSA) is 172 Å². The minimum Gasteiger partial charge on any atom is -0.365 e. The van der Waals surface area contributed by atoms with E-state index in [1.165, 1.54) is 0 Å². The Bertz CT molecular complexity index is 530. The van der Waals surface area contributed by atoms with Crippen molar-refractivity contribution in [3.63, 3.8) is 0 Å². The summed E-state index contributed by atoms with van der Waals surface area (Å²) >= 11 is 0. The van der Waals surface area contributed by atoms with E-state index in [0.29, 0.717) is 0 Å². The molecule has 0 spiro atoms. The molecule has 1 aromatic rings. The number of carbonyl (C=O) groups excluding carboxylic acids is 2. The van der Waals surface area contributed by atoms with Crippen LogP contribution in [0.3, 0.4) is 0 Å². The number of nitro benzene ring substituents is 2. The zero-order chi connectivity index (χ0) is 14.0. The van der Waals surface area contributed by atoms with Crippen molar-refractivity contribution in [3.05, 3.63) is 43.5 Å². The van der Waals surface area contributed by atoms with Gasteiger partial charge in [0.15, 0.2) is 0 Å². The van der Waals surface area contributed by atoms with Crippen molar-refractivity contribution >= 4 is 23.2 Å². The number of hydrogen-bond donors (Lipinski definition) is 2. The van der Waals surface area contributed by atoms with Gasteiger partial charge < -0.3 is 11.5 Å². The third-order valence-electron chi connectivity index (χ3n) is 2.05. The van der Waals surface area contributed by atoms with Gasteiger partial charge in [0, 0.05) is 0 Å². The fourth-order valence-corrected chi connectivity index (χ4v) is 1.35. The normalized spacial score (nSPS) is 9.78. The summed E-state index contributed by atoms with van der Waals surface area (Å²) in [5.41, 5.74) is 6.09. The monoisotopic (exact) mass is 254 g/mol. The molecule has 0 fully saturated rings. The minimum atomic E-state index is -1.22. The van der Waals surface area contributed by atoms with Crippen molar-refractivity contribution in [3.8, 4) is 0 Å². The summed E-state index contributed by atoms with van der Waals surface area (Å²) in [4.78, 5) is 41.1. The largest absolute Gasteiger partial charge is 0.365 e. The lowest BCUT2D eigenvalue weighted by molar-refractivity contribution is -0.422. The standard InChI is InChI=1S/C8H6N4O6/c9-7(13)3-1-2-4(8(10)14)6(12(17)18)5(3)11(15)16/h1-2H,(H2,9,13)(H2,10,14). The lowest BCUT2D eigenvalue weighted by Gasteiger charge is -2.03. The Morgan fingerprint density at radius 3 is 1.33 bits per heavy atom. The van der Waals surface area contributed by atoms with Gasteiger partial charge >= 0.3 is 11.4 Å². The summed E-state index contributed by atoms with van der Waals surface area (Å²) in [6.45, 7) is 0. The molecule has 0 aliphatic heterocycles. The van der Waals surface area contributed by atoms with Crippen LogP contribution < -0.4 is 11.5 Å². The van der Waals surface area contributed by atoms with Crippen LogP contribution >= 0.6 is 0 Å². The number of benzene rings is 1. The van der Waals surface area contributed by atoms with Gasteiger partial charge in [-0.25, -0.2) is 0 Å². The van der Waals surface area contributed by atoms with E-state index in [2.05, 4.69) is 0 Å². The van der Waals surface area contributed by atoms with Crippen LogP contribution in [0.2, 0.25) is 0 Å². The van der Waals surface area contributed by atoms with Crippen LogP contribution in [0.1, 0.15) is 20.7 Å². The molecule has 0 heterocycles. The molecule has 0 atom stereocenters. The molecule has 4 N–H and O–H groups in total. The molecule has 10 heteroatoms. The summed E-state index contributed by atoms with van der Waals surface area (Å²) in [6.07, 6.45) is 0. The summed E-state index contributed by atoms with van der Waals surface area (Å²) in [7, 11) is 0. The van der Waals surface area contributed by atoms with Gasteiger partial charge in [0.05, 0.1) is 9.85 Å². The number of hydrogen-bond acceptors (Lipinski definition) is 6. The van der Waals surface area contributed by atoms with Gasteiger partial charge in [-0.1, -0.05) is 0 Å². The van der Waals surface area contributed by atoms with Gasteiger partial charge in [0.2, 0.25) is 0 Å². The van der Waals surface area contributed by atoms with Gasteiger partial charge in [-0.3, -0.25) is 29.8 Å². The highest BCUT2D eigenvalue weighted by Gasteiger charge is 2.36. The first-order valence-electron chi connectivity index (χ1n) is 4.32. The number of carbonyl (C=O) groups is 2. The van der Waals surface area contributed by atoms with Crippen molar-refractivity contribution < 1.29 is 19.4 Å². The molecule has 0 saturated heterocycles. The Hall–Kier alpha value is -3.04. The van der Waals surface area contributed by atoms with Crippen molar-refractivity contribution in [2.45, 2.75) is 0 Å². The van der Waals surface area contributed by atoms with Gasteiger partial charge in [0.1, 0.15) is 11.1 Å². The molecule has 0 saturated carbocycles. The van der Waals surface area contributed by atoms with E-state index in [-0.39, 0.29) is 0 Å². The van der Waals surface area contributed by atoms with Crippen LogP contribution in [0.25, 0.3) is 0 Å². The molecule has 0 aliphatic carbocycles. The van der Waals surface area contributed by atoms with Gasteiger partial charge in [-0.2, -0.15) is 0 Å². The predicted molar refractivity (Wildman–Crippen MR) is 56.8 cm³/mol. The first-order chi connectivity index (χ1) is 8.27. The molecular formula is C8H6N4O6. The maximum atomic E-state index is 11.0. The van der Waals surface area contributed by atoms with Crippen molar-refractivity contribution in [1.29, 1.82) is 0 Å². The highest BCUT2D eigenvalue weighted by atomic mass is 16.6. The SMILES string of the molecule is NC(=O)c1ccc(C(N)=O)c([N+](=O)[O-])c1[N+](=O)[O-]. The van der Waals surface area contributed by atoms with E-state index in [1.54, 1.807) is 0 Å². The summed E-state index contributed by atoms with van der Waals surface area (Å²) in [5.74, 6) is -2.44. The summed E-state index contributed by atoms with van der Waals surface area (Å²) in [6, 6.07) is 1.68. The van der Waals surface area contributed by atoms with Crippen LogP contribution in [-0.2, 0) is 0 Å². The number of nitro groups is 2. The highest BCUT2D eigenvalue weighted by Crippen LogP contribution is 2.33. The van der Waals surface area contributed by atoms with Crippen molar-refractivity contribution in [1.82, 2.24) is 0 Å². The molecule has 0 aromatic heterocycles. The third kappa shape index (κ3) is 2.07. The minimum absolute atomic E-state index is 0.670. The Kier molecular flexibility index (Phi) is 3.22. The van der Waals surface area contributed by atoms with E-state index >= 15 is 0 Å². The van der Waals surface area contributed by atoms with Crippen LogP contribution in [0, 0.1) is 20.2 Å². The number of primary amides is 2. The zero-order valence-electron chi connectivity index (χ0n) is 8.65. The number of nitrogens with zero attached hydrogens (tertiary/aromatic N) is 2. The molecule has 1 rings (SSSR count). The highest BCUT2D eigenvalue weighted by molar-refractivity contribution is 6.04. The van der Waals surface area contributed by atoms with E-state index in [4.69, 9.17) is 11.5 Å². The molecule has 1 aromatic carbocycles. The van der Waals surface area contributed by atoms with E-state index < -0.39 is 44.2 Å². The van der Waals surface area contributed by atoms with Gasteiger partial charge in [-0.15, -0.1) is 0 Å². The summed E-state index contributed by atoms with van der Waals surface area (Å²) in [5, 5.41) is 21.5. The molecule has 0 radical (unpaired) electrons. The molecule has 0 aliphatic rings.